The number of halogens is 1. The Balaban J connectivity index is 1.48. The number of aliphatic hydroxyl groups is 1. The number of benzene rings is 2. The van der Waals surface area contributed by atoms with Crippen LogP contribution in [0.15, 0.2) is 48.8 Å². The number of nitrogens with zero attached hydrogens (tertiary/aromatic N) is 3. The van der Waals surface area contributed by atoms with Crippen molar-refractivity contribution >= 4 is 17.6 Å². The van der Waals surface area contributed by atoms with E-state index in [0.717, 1.165) is 30.6 Å². The normalized spacial score (nSPS) is 15.8. The first-order valence-corrected chi connectivity index (χ1v) is 10.3. The lowest BCUT2D eigenvalue weighted by Gasteiger charge is -2.18. The Morgan fingerprint density at radius 3 is 2.68 bits per heavy atom. The largest absolute Gasteiger partial charge is 0.460 e. The number of aliphatic hydroxyl groups excluding tert-OH is 1. The molecule has 1 saturated carbocycles. The van der Waals surface area contributed by atoms with Crippen LogP contribution in [0.25, 0.3) is 11.1 Å². The van der Waals surface area contributed by atoms with Gasteiger partial charge in [-0.2, -0.15) is 0 Å². The van der Waals surface area contributed by atoms with Crippen molar-refractivity contribution in [3.8, 4) is 11.1 Å². The molecule has 2 aliphatic rings. The van der Waals surface area contributed by atoms with Gasteiger partial charge in [0.2, 0.25) is 5.95 Å². The first kappa shape index (κ1) is 19.6. The molecule has 158 valence electrons. The van der Waals surface area contributed by atoms with Crippen LogP contribution in [-0.2, 0) is 10.2 Å². The van der Waals surface area contributed by atoms with E-state index in [1.165, 1.54) is 11.6 Å². The molecule has 5 rings (SSSR count). The van der Waals surface area contributed by atoms with Gasteiger partial charge in [-0.25, -0.2) is 19.2 Å². The molecule has 1 spiro atoms. The van der Waals surface area contributed by atoms with E-state index < -0.39 is 5.97 Å². The fraction of sp³-hybridized carbons (Fsp3) is 0.292. The van der Waals surface area contributed by atoms with Crippen LogP contribution in [-0.4, -0.2) is 40.8 Å². The summed E-state index contributed by atoms with van der Waals surface area (Å²) in [6, 6.07) is 10.5. The van der Waals surface area contributed by atoms with Crippen molar-refractivity contribution < 1.29 is 19.0 Å². The predicted octanol–water partition coefficient (Wildman–Crippen LogP) is 3.92. The number of aromatic nitrogens is 2. The molecule has 1 aliphatic carbocycles. The zero-order chi connectivity index (χ0) is 21.6. The summed E-state index contributed by atoms with van der Waals surface area (Å²) in [5.41, 5.74) is 4.63. The first-order chi connectivity index (χ1) is 15.0. The van der Waals surface area contributed by atoms with E-state index in [-0.39, 0.29) is 24.4 Å². The molecule has 1 fully saturated rings. The second kappa shape index (κ2) is 7.42. The van der Waals surface area contributed by atoms with Crippen LogP contribution in [0.4, 0.5) is 16.0 Å². The summed E-state index contributed by atoms with van der Waals surface area (Å²) in [6.07, 6.45) is 5.43. The van der Waals surface area contributed by atoms with Crippen LogP contribution in [0.1, 0.15) is 34.3 Å². The Morgan fingerprint density at radius 2 is 1.97 bits per heavy atom. The molecule has 1 N–H and O–H groups in total. The molecule has 0 amide bonds. The average Bonchev–Trinajstić information content (AvgIpc) is 3.50. The van der Waals surface area contributed by atoms with E-state index >= 15 is 0 Å². The standard InChI is InChI=1S/C24H22FN3O3/c1-15-2-5-20(25)18(10-15)17-12-26-23(27-13-17)28-14-24(6-7-24)19-4-3-16(11-21(19)28)22(30)31-9-8-29/h2-5,10-13,29H,6-9,14H2,1H3. The van der Waals surface area contributed by atoms with Crippen molar-refractivity contribution in [2.45, 2.75) is 25.2 Å². The Morgan fingerprint density at radius 1 is 1.19 bits per heavy atom. The first-order valence-electron chi connectivity index (χ1n) is 10.3. The van der Waals surface area contributed by atoms with Gasteiger partial charge in [0.05, 0.1) is 12.2 Å². The summed E-state index contributed by atoms with van der Waals surface area (Å²) >= 11 is 0. The molecule has 2 heterocycles. The highest BCUT2D eigenvalue weighted by atomic mass is 19.1. The number of rotatable bonds is 5. The number of hydrogen-bond acceptors (Lipinski definition) is 6. The number of anilines is 2. The lowest BCUT2D eigenvalue weighted by molar-refractivity contribution is 0.0434. The van der Waals surface area contributed by atoms with Gasteiger partial charge in [0.1, 0.15) is 12.4 Å². The number of hydrogen-bond donors (Lipinski definition) is 1. The fourth-order valence-corrected chi connectivity index (χ4v) is 4.24. The third-order valence-corrected chi connectivity index (χ3v) is 6.05. The molecular formula is C24H22FN3O3. The Hall–Kier alpha value is -3.32. The third-order valence-electron chi connectivity index (χ3n) is 6.05. The van der Waals surface area contributed by atoms with E-state index in [1.54, 1.807) is 36.7 Å². The maximum Gasteiger partial charge on any atom is 0.338 e. The van der Waals surface area contributed by atoms with E-state index in [2.05, 4.69) is 9.97 Å². The Labute approximate surface area is 179 Å². The molecule has 0 atom stereocenters. The second-order valence-corrected chi connectivity index (χ2v) is 8.21. The van der Waals surface area contributed by atoms with Crippen LogP contribution in [0, 0.1) is 12.7 Å². The average molecular weight is 419 g/mol. The van der Waals surface area contributed by atoms with E-state index in [4.69, 9.17) is 9.84 Å². The van der Waals surface area contributed by atoms with Gasteiger partial charge in [-0.1, -0.05) is 17.7 Å². The summed E-state index contributed by atoms with van der Waals surface area (Å²) in [7, 11) is 0. The maximum absolute atomic E-state index is 14.2. The number of esters is 1. The molecule has 0 unspecified atom stereocenters. The monoisotopic (exact) mass is 419 g/mol. The number of fused-ring (bicyclic) bond motifs is 2. The van der Waals surface area contributed by atoms with Crippen molar-refractivity contribution in [1.29, 1.82) is 0 Å². The molecule has 3 aromatic rings. The SMILES string of the molecule is Cc1ccc(F)c(-c2cnc(N3CC4(CC4)c4ccc(C(=O)OCCO)cc43)nc2)c1. The molecule has 7 heteroatoms. The zero-order valence-corrected chi connectivity index (χ0v) is 17.1. The summed E-state index contributed by atoms with van der Waals surface area (Å²) in [4.78, 5) is 23.3. The highest BCUT2D eigenvalue weighted by Crippen LogP contribution is 2.57. The van der Waals surface area contributed by atoms with Gasteiger partial charge in [0, 0.05) is 41.2 Å². The van der Waals surface area contributed by atoms with Gasteiger partial charge in [0.25, 0.3) is 0 Å². The molecule has 2 aromatic carbocycles. The molecule has 1 aromatic heterocycles. The number of carbonyl (C=O) groups is 1. The molecule has 1 aliphatic heterocycles. The summed E-state index contributed by atoms with van der Waals surface area (Å²) in [5.74, 6) is -0.265. The molecule has 31 heavy (non-hydrogen) atoms. The molecule has 0 saturated heterocycles. The minimum absolute atomic E-state index is 0.0380. The maximum atomic E-state index is 14.2. The van der Waals surface area contributed by atoms with Crippen LogP contribution in [0.3, 0.4) is 0 Å². The lowest BCUT2D eigenvalue weighted by atomic mass is 9.97. The highest BCUT2D eigenvalue weighted by Gasteiger charge is 2.52. The second-order valence-electron chi connectivity index (χ2n) is 8.21. The third kappa shape index (κ3) is 3.45. The summed E-state index contributed by atoms with van der Waals surface area (Å²) in [5, 5.41) is 8.90. The summed E-state index contributed by atoms with van der Waals surface area (Å²) in [6.45, 7) is 2.41. The molecule has 6 nitrogen and oxygen atoms in total. The molecule has 0 radical (unpaired) electrons. The Bertz CT molecular complexity index is 1160. The molecular weight excluding hydrogens is 397 g/mol. The van der Waals surface area contributed by atoms with E-state index in [9.17, 15) is 9.18 Å². The van der Waals surface area contributed by atoms with Crippen LogP contribution in [0.5, 0.6) is 0 Å². The number of ether oxygens (including phenoxy) is 1. The van der Waals surface area contributed by atoms with Crippen molar-refractivity contribution in [1.82, 2.24) is 9.97 Å². The van der Waals surface area contributed by atoms with Crippen molar-refractivity contribution in [3.63, 3.8) is 0 Å². The van der Waals surface area contributed by atoms with Gasteiger partial charge in [-0.15, -0.1) is 0 Å². The van der Waals surface area contributed by atoms with Crippen LogP contribution >= 0.6 is 0 Å². The highest BCUT2D eigenvalue weighted by molar-refractivity contribution is 5.92. The lowest BCUT2D eigenvalue weighted by Crippen LogP contribution is -2.21. The van der Waals surface area contributed by atoms with Crippen molar-refractivity contribution in [2.75, 3.05) is 24.7 Å². The minimum atomic E-state index is -0.472. The van der Waals surface area contributed by atoms with Crippen molar-refractivity contribution in [2.24, 2.45) is 0 Å². The predicted molar refractivity (Wildman–Crippen MR) is 114 cm³/mol. The fourth-order valence-electron chi connectivity index (χ4n) is 4.24. The quantitative estimate of drug-likeness (QED) is 0.632. The van der Waals surface area contributed by atoms with Crippen LogP contribution < -0.4 is 4.90 Å². The van der Waals surface area contributed by atoms with Gasteiger partial charge in [0.15, 0.2) is 0 Å². The van der Waals surface area contributed by atoms with Crippen LogP contribution in [0.2, 0.25) is 0 Å². The van der Waals surface area contributed by atoms with Gasteiger partial charge >= 0.3 is 5.97 Å². The van der Waals surface area contributed by atoms with Gasteiger partial charge < -0.3 is 14.7 Å². The number of carbonyl (C=O) groups excluding carboxylic acids is 1. The van der Waals surface area contributed by atoms with E-state index in [0.29, 0.717) is 22.6 Å². The topological polar surface area (TPSA) is 75.6 Å². The van der Waals surface area contributed by atoms with E-state index in [1.807, 2.05) is 17.9 Å². The van der Waals surface area contributed by atoms with Gasteiger partial charge in [-0.05, 0) is 49.6 Å². The minimum Gasteiger partial charge on any atom is -0.460 e. The smallest absolute Gasteiger partial charge is 0.338 e. The van der Waals surface area contributed by atoms with Gasteiger partial charge in [-0.3, -0.25) is 0 Å². The summed E-state index contributed by atoms with van der Waals surface area (Å²) < 4.78 is 19.3. The zero-order valence-electron chi connectivity index (χ0n) is 17.1. The number of aryl methyl sites for hydroxylation is 1. The Kier molecular flexibility index (Phi) is 4.70. The molecule has 0 bridgehead atoms. The van der Waals surface area contributed by atoms with Crippen molar-refractivity contribution in [3.05, 3.63) is 71.3 Å².